The number of thiazole rings is 2. The van der Waals surface area contributed by atoms with Gasteiger partial charge in [-0.1, -0.05) is 256 Å². The SMILES string of the molecule is CCCCCCCCCCCCCCCCCCCCOc1ccc(-c2[nH]/c(=C(/C#N)c3nc4ccccc4s3)c3c(-c4ccc(OCCCCCCCCCCCCCCCCCCCC)cc4)[nH]/c(=C(/C#N)c4nc5ccccc5s4)c23)cc1. The average molecular weight is 1190 g/mol. The Balaban J connectivity index is 0.918. The molecule has 4 aromatic heterocycles. The molecule has 10 heteroatoms. The van der Waals surface area contributed by atoms with Crippen molar-refractivity contribution in [2.24, 2.45) is 0 Å². The summed E-state index contributed by atoms with van der Waals surface area (Å²) in [6.45, 7) is 5.94. The fraction of sp³-hybridized carbons (Fsp3) is 0.526. The number of hydrogen-bond donors (Lipinski definition) is 2. The molecule has 0 aliphatic rings. The van der Waals surface area contributed by atoms with Gasteiger partial charge < -0.3 is 19.4 Å². The van der Waals surface area contributed by atoms with Crippen LogP contribution in [0.2, 0.25) is 0 Å². The van der Waals surface area contributed by atoms with Gasteiger partial charge in [0.25, 0.3) is 0 Å². The molecule has 0 amide bonds. The first-order valence-electron chi connectivity index (χ1n) is 34.1. The molecule has 0 bridgehead atoms. The topological polar surface area (TPSA) is 123 Å². The minimum absolute atomic E-state index is 0.432. The molecule has 8 aromatic rings. The van der Waals surface area contributed by atoms with E-state index in [1.807, 2.05) is 72.8 Å². The third-order valence-corrected chi connectivity index (χ3v) is 19.4. The van der Waals surface area contributed by atoms with Crippen molar-refractivity contribution >= 4 is 65.0 Å². The molecular formula is C76H100N6O2S2. The second kappa shape index (κ2) is 38.2. The summed E-state index contributed by atoms with van der Waals surface area (Å²) in [7, 11) is 0. The molecule has 2 N–H and O–H groups in total. The van der Waals surface area contributed by atoms with E-state index in [4.69, 9.17) is 19.4 Å². The van der Waals surface area contributed by atoms with E-state index >= 15 is 0 Å². The van der Waals surface area contributed by atoms with E-state index < -0.39 is 0 Å². The van der Waals surface area contributed by atoms with Gasteiger partial charge in [-0.3, -0.25) is 0 Å². The molecule has 0 aliphatic heterocycles. The van der Waals surface area contributed by atoms with E-state index in [9.17, 15) is 10.5 Å². The summed E-state index contributed by atoms with van der Waals surface area (Å²) < 4.78 is 14.7. The van der Waals surface area contributed by atoms with Crippen LogP contribution in [0.5, 0.6) is 11.5 Å². The molecule has 0 fully saturated rings. The number of hydrogen-bond acceptors (Lipinski definition) is 8. The van der Waals surface area contributed by atoms with Crippen molar-refractivity contribution in [2.75, 3.05) is 13.2 Å². The molecule has 0 atom stereocenters. The first kappa shape index (κ1) is 65.8. The van der Waals surface area contributed by atoms with Gasteiger partial charge in [0.2, 0.25) is 0 Å². The van der Waals surface area contributed by atoms with Gasteiger partial charge in [-0.05, 0) is 96.8 Å². The molecule has 0 aliphatic carbocycles. The molecule has 4 heterocycles. The predicted molar refractivity (Wildman–Crippen MR) is 367 cm³/mol. The van der Waals surface area contributed by atoms with Crippen LogP contribution in [0.1, 0.15) is 255 Å². The summed E-state index contributed by atoms with van der Waals surface area (Å²) in [6, 6.07) is 37.7. The molecule has 0 saturated carbocycles. The minimum atomic E-state index is 0.432. The number of fused-ring (bicyclic) bond motifs is 3. The summed E-state index contributed by atoms with van der Waals surface area (Å²) in [5.74, 6) is 1.64. The molecule has 8 nitrogen and oxygen atoms in total. The largest absolute Gasteiger partial charge is 0.494 e. The molecule has 4 aromatic carbocycles. The lowest BCUT2D eigenvalue weighted by Gasteiger charge is -2.08. The number of ether oxygens (including phenoxy) is 2. The number of H-pyrrole nitrogens is 2. The van der Waals surface area contributed by atoms with Crippen LogP contribution in [-0.2, 0) is 0 Å². The summed E-state index contributed by atoms with van der Waals surface area (Å²) in [4.78, 5) is 17.6. The molecule has 458 valence electrons. The Kier molecular flexibility index (Phi) is 29.2. The molecule has 8 rings (SSSR count). The normalized spacial score (nSPS) is 12.3. The van der Waals surface area contributed by atoms with Crippen LogP contribution in [0.15, 0.2) is 97.1 Å². The summed E-state index contributed by atoms with van der Waals surface area (Å²) >= 11 is 3.01. The summed E-state index contributed by atoms with van der Waals surface area (Å²) in [6.07, 6.45) is 48.7. The van der Waals surface area contributed by atoms with E-state index in [0.29, 0.717) is 45.1 Å². The highest BCUT2D eigenvalue weighted by atomic mass is 32.1. The van der Waals surface area contributed by atoms with Crippen LogP contribution in [0.3, 0.4) is 0 Å². The molecule has 86 heavy (non-hydrogen) atoms. The van der Waals surface area contributed by atoms with Crippen LogP contribution in [0, 0.1) is 22.7 Å². The number of nitrogens with one attached hydrogen (secondary N) is 2. The zero-order valence-electron chi connectivity index (χ0n) is 52.5. The van der Waals surface area contributed by atoms with Crippen molar-refractivity contribution < 1.29 is 9.47 Å². The molecule has 0 saturated heterocycles. The Bertz CT molecular complexity index is 3130. The maximum Gasteiger partial charge on any atom is 0.137 e. The van der Waals surface area contributed by atoms with E-state index in [1.54, 1.807) is 0 Å². The lowest BCUT2D eigenvalue weighted by atomic mass is 10.0. The van der Waals surface area contributed by atoms with Gasteiger partial charge in [0.1, 0.15) is 44.8 Å². The third-order valence-electron chi connectivity index (χ3n) is 17.3. The lowest BCUT2D eigenvalue weighted by Crippen LogP contribution is -2.10. The monoisotopic (exact) mass is 1190 g/mol. The van der Waals surface area contributed by atoms with Crippen LogP contribution in [0.4, 0.5) is 0 Å². The Labute approximate surface area is 524 Å². The standard InChI is InChI=1S/C76H100N6O2S2/c1-3-5-7-9-11-13-15-17-19-21-23-25-27-29-31-33-35-41-55-83-61-51-47-59(48-52-61)71-69-70(74(81-71)64(58-78)76-80-66-44-38-40-46-68(66)86-76)72(82-73(69)63(57-77)75-79-65-43-37-39-45-67(65)85-75)60-49-53-62(54-50-60)84-56-42-36-34-32-30-28-26-24-22-20-18-16-14-12-10-8-6-4-2/h37-40,43-54,81-82H,3-36,41-42,55-56H2,1-2H3/b73-63-,74-64-. The fourth-order valence-electron chi connectivity index (χ4n) is 12.3. The summed E-state index contributed by atoms with van der Waals surface area (Å²) in [5, 5.41) is 26.6. The Morgan fingerprint density at radius 2 is 0.651 bits per heavy atom. The van der Waals surface area contributed by atoms with Gasteiger partial charge in [-0.15, -0.1) is 22.7 Å². The highest BCUT2D eigenvalue weighted by Crippen LogP contribution is 2.36. The minimum Gasteiger partial charge on any atom is -0.494 e. The van der Waals surface area contributed by atoms with Gasteiger partial charge in [-0.2, -0.15) is 10.5 Å². The van der Waals surface area contributed by atoms with Crippen molar-refractivity contribution in [3.8, 4) is 46.2 Å². The van der Waals surface area contributed by atoms with Crippen molar-refractivity contribution in [3.05, 3.63) is 118 Å². The van der Waals surface area contributed by atoms with Gasteiger partial charge in [0.15, 0.2) is 0 Å². The van der Waals surface area contributed by atoms with E-state index in [0.717, 1.165) is 78.1 Å². The number of aromatic nitrogens is 4. The Morgan fingerprint density at radius 1 is 0.372 bits per heavy atom. The maximum atomic E-state index is 11.2. The molecule has 0 radical (unpaired) electrons. The number of rotatable bonds is 44. The maximum absolute atomic E-state index is 11.2. The van der Waals surface area contributed by atoms with Crippen LogP contribution < -0.4 is 20.2 Å². The van der Waals surface area contributed by atoms with Crippen molar-refractivity contribution in [1.82, 2.24) is 19.9 Å². The number of benzene rings is 4. The fourth-order valence-corrected chi connectivity index (χ4v) is 14.2. The Morgan fingerprint density at radius 3 is 0.930 bits per heavy atom. The lowest BCUT2D eigenvalue weighted by molar-refractivity contribution is 0.304. The highest BCUT2D eigenvalue weighted by molar-refractivity contribution is 7.20. The van der Waals surface area contributed by atoms with Crippen molar-refractivity contribution in [3.63, 3.8) is 0 Å². The summed E-state index contributed by atoms with van der Waals surface area (Å²) in [5.41, 5.74) is 5.93. The zero-order valence-corrected chi connectivity index (χ0v) is 54.2. The number of aromatic amines is 2. The predicted octanol–water partition coefficient (Wildman–Crippen LogP) is 22.3. The number of unbranched alkanes of at least 4 members (excludes halogenated alkanes) is 34. The number of nitrogens with zero attached hydrogens (tertiary/aromatic N) is 4. The van der Waals surface area contributed by atoms with Crippen LogP contribution in [-0.4, -0.2) is 33.1 Å². The van der Waals surface area contributed by atoms with Gasteiger partial charge in [0, 0.05) is 10.8 Å². The van der Waals surface area contributed by atoms with Crippen LogP contribution in [0.25, 0.3) is 64.9 Å². The molecule has 0 unspecified atom stereocenters. The average Bonchev–Trinajstić information content (AvgIpc) is 1.66. The van der Waals surface area contributed by atoms with Gasteiger partial charge in [-0.25, -0.2) is 9.97 Å². The second-order valence-electron chi connectivity index (χ2n) is 24.2. The van der Waals surface area contributed by atoms with E-state index in [2.05, 4.69) is 60.2 Å². The highest BCUT2D eigenvalue weighted by Gasteiger charge is 2.24. The second-order valence-corrected chi connectivity index (χ2v) is 26.3. The quantitative estimate of drug-likeness (QED) is 0.0367. The number of nitriles is 2. The van der Waals surface area contributed by atoms with Gasteiger partial charge >= 0.3 is 0 Å². The molecular weight excluding hydrogens is 1090 g/mol. The zero-order chi connectivity index (χ0) is 59.6. The number of para-hydroxylation sites is 2. The van der Waals surface area contributed by atoms with Crippen molar-refractivity contribution in [2.45, 2.75) is 245 Å². The van der Waals surface area contributed by atoms with Crippen LogP contribution >= 0.6 is 22.7 Å². The third kappa shape index (κ3) is 20.4. The smallest absolute Gasteiger partial charge is 0.137 e. The van der Waals surface area contributed by atoms with E-state index in [-0.39, 0.29) is 0 Å². The first-order valence-corrected chi connectivity index (χ1v) is 35.7. The first-order chi connectivity index (χ1) is 42.6. The van der Waals surface area contributed by atoms with Gasteiger partial charge in [0.05, 0.1) is 55.7 Å². The van der Waals surface area contributed by atoms with Crippen molar-refractivity contribution in [1.29, 1.82) is 10.5 Å². The Hall–Kier alpha value is -6.20. The van der Waals surface area contributed by atoms with E-state index in [1.165, 1.54) is 241 Å². The molecule has 0 spiro atoms.